The van der Waals surface area contributed by atoms with E-state index in [-0.39, 0.29) is 40.5 Å². The van der Waals surface area contributed by atoms with Crippen molar-refractivity contribution in [1.29, 1.82) is 0 Å². The predicted octanol–water partition coefficient (Wildman–Crippen LogP) is 1.03. The maximum absolute atomic E-state index is 11.3. The number of rotatable bonds is 9. The Morgan fingerprint density at radius 1 is 1.07 bits per heavy atom. The average Bonchev–Trinajstić information content (AvgIpc) is 2.67. The normalized spacial score (nSPS) is 15.1. The fourth-order valence-electron chi connectivity index (χ4n) is 3.73. The van der Waals surface area contributed by atoms with Crippen molar-refractivity contribution in [3.8, 4) is 0 Å². The molecule has 1 unspecified atom stereocenters. The van der Waals surface area contributed by atoms with E-state index in [9.17, 15) is 8.76 Å². The molecule has 2 rings (SSSR count). The minimum atomic E-state index is -2.61. The van der Waals surface area contributed by atoms with Crippen molar-refractivity contribution in [3.05, 3.63) is 73.3 Å². The molecule has 0 saturated heterocycles. The summed E-state index contributed by atoms with van der Waals surface area (Å²) in [5, 5.41) is 1.91. The van der Waals surface area contributed by atoms with Gasteiger partial charge >= 0.3 is 29.6 Å². The van der Waals surface area contributed by atoms with Crippen LogP contribution in [0.4, 0.5) is 0 Å². The van der Waals surface area contributed by atoms with E-state index in [0.717, 1.165) is 0 Å². The molecule has 6 heteroatoms. The Kier molecular flexibility index (Phi) is 10.7. The summed E-state index contributed by atoms with van der Waals surface area (Å²) in [6.45, 7) is 12.8. The van der Waals surface area contributed by atoms with E-state index in [1.54, 1.807) is 6.92 Å². The quantitative estimate of drug-likeness (QED) is 0.334. The SMILES string of the molecule is C=C[C@@H](CO[Si](c1ccccc1)(c1ccccc1)C(C)(C)C)C[C@H](C)S(=O)[O-].[Na+]. The third kappa shape index (κ3) is 6.47. The first kappa shape index (κ1) is 26.5. The molecule has 0 fully saturated rings. The van der Waals surface area contributed by atoms with Gasteiger partial charge in [0, 0.05) is 11.9 Å². The summed E-state index contributed by atoms with van der Waals surface area (Å²) >= 11 is -2.09. The van der Waals surface area contributed by atoms with Crippen LogP contribution in [-0.2, 0) is 15.5 Å². The van der Waals surface area contributed by atoms with Crippen molar-refractivity contribution in [2.24, 2.45) is 5.92 Å². The van der Waals surface area contributed by atoms with Crippen LogP contribution in [0.25, 0.3) is 0 Å². The van der Waals surface area contributed by atoms with Crippen LogP contribution in [0.3, 0.4) is 0 Å². The minimum absolute atomic E-state index is 0. The molecule has 0 heterocycles. The Bertz CT molecular complexity index is 738. The summed E-state index contributed by atoms with van der Waals surface area (Å²) in [5.74, 6) is -0.0189. The molecule has 0 aliphatic heterocycles. The third-order valence-corrected chi connectivity index (χ3v) is 11.1. The molecule has 2 aromatic carbocycles. The molecular formula is C23H31NaO3SSi. The first-order valence-electron chi connectivity index (χ1n) is 9.68. The molecule has 0 aromatic heterocycles. The third-order valence-electron chi connectivity index (χ3n) is 5.23. The Morgan fingerprint density at radius 3 is 1.86 bits per heavy atom. The molecule has 0 radical (unpaired) electrons. The Labute approximate surface area is 201 Å². The zero-order chi connectivity index (χ0) is 20.8. The van der Waals surface area contributed by atoms with Crippen LogP contribution in [0.5, 0.6) is 0 Å². The fourth-order valence-corrected chi connectivity index (χ4v) is 8.75. The Balaban J connectivity index is 0.00000420. The van der Waals surface area contributed by atoms with E-state index in [2.05, 4.69) is 75.9 Å². The van der Waals surface area contributed by atoms with Crippen LogP contribution in [0.1, 0.15) is 34.1 Å². The van der Waals surface area contributed by atoms with Gasteiger partial charge in [0.1, 0.15) is 0 Å². The van der Waals surface area contributed by atoms with E-state index in [1.807, 2.05) is 18.2 Å². The molecule has 29 heavy (non-hydrogen) atoms. The van der Waals surface area contributed by atoms with Crippen molar-refractivity contribution >= 4 is 29.8 Å². The summed E-state index contributed by atoms with van der Waals surface area (Å²) in [6.07, 6.45) is 2.33. The van der Waals surface area contributed by atoms with Crippen molar-refractivity contribution in [2.75, 3.05) is 6.61 Å². The maximum atomic E-state index is 11.3. The van der Waals surface area contributed by atoms with E-state index in [0.29, 0.717) is 13.0 Å². The zero-order valence-corrected chi connectivity index (χ0v) is 22.1. The van der Waals surface area contributed by atoms with Gasteiger partial charge in [-0.1, -0.05) is 106 Å². The molecule has 0 saturated carbocycles. The zero-order valence-electron chi connectivity index (χ0n) is 18.3. The first-order chi connectivity index (χ1) is 13.2. The first-order valence-corrected chi connectivity index (χ1v) is 12.7. The van der Waals surface area contributed by atoms with Crippen molar-refractivity contribution in [1.82, 2.24) is 0 Å². The molecule has 0 spiro atoms. The molecule has 0 aliphatic rings. The van der Waals surface area contributed by atoms with Gasteiger partial charge in [0.25, 0.3) is 8.32 Å². The van der Waals surface area contributed by atoms with Crippen LogP contribution in [0.15, 0.2) is 73.3 Å². The molecular weight excluding hydrogens is 407 g/mol. The smallest absolute Gasteiger partial charge is 0.772 e. The van der Waals surface area contributed by atoms with Gasteiger partial charge in [-0.15, -0.1) is 6.58 Å². The summed E-state index contributed by atoms with van der Waals surface area (Å²) in [6, 6.07) is 20.9. The summed E-state index contributed by atoms with van der Waals surface area (Å²) in [7, 11) is -2.61. The molecule has 0 bridgehead atoms. The van der Waals surface area contributed by atoms with E-state index < -0.39 is 24.6 Å². The number of benzene rings is 2. The van der Waals surface area contributed by atoms with Crippen molar-refractivity contribution in [2.45, 2.75) is 44.4 Å². The summed E-state index contributed by atoms with van der Waals surface area (Å²) < 4.78 is 29.4. The van der Waals surface area contributed by atoms with Gasteiger partial charge in [-0.3, -0.25) is 4.21 Å². The van der Waals surface area contributed by atoms with Gasteiger partial charge in [0.15, 0.2) is 0 Å². The summed E-state index contributed by atoms with van der Waals surface area (Å²) in [5.41, 5.74) is 0. The number of hydrogen-bond donors (Lipinski definition) is 0. The topological polar surface area (TPSA) is 49.4 Å². The van der Waals surface area contributed by atoms with Crippen LogP contribution in [0.2, 0.25) is 5.04 Å². The van der Waals surface area contributed by atoms with Crippen LogP contribution in [0, 0.1) is 5.92 Å². The van der Waals surface area contributed by atoms with Gasteiger partial charge in [0.05, 0.1) is 0 Å². The van der Waals surface area contributed by atoms with Gasteiger partial charge < -0.3 is 8.98 Å². The molecule has 3 nitrogen and oxygen atoms in total. The molecule has 152 valence electrons. The van der Waals surface area contributed by atoms with Crippen molar-refractivity contribution < 1.29 is 42.7 Å². The number of hydrogen-bond acceptors (Lipinski definition) is 3. The standard InChI is InChI=1S/C23H32O3SSi.Na/c1-6-20(17-19(2)27(24)25)18-26-28(23(3,4)5,21-13-9-7-10-14-21)22-15-11-8-12-16-22;/h6-16,19-20H,1,17-18H2,2-5H3,(H,24,25);/q;+1/p-1/t19-,20+;/m0./s1. The van der Waals surface area contributed by atoms with Crippen molar-refractivity contribution in [3.63, 3.8) is 0 Å². The van der Waals surface area contributed by atoms with E-state index in [4.69, 9.17) is 4.43 Å². The summed E-state index contributed by atoms with van der Waals surface area (Å²) in [4.78, 5) is 0. The second kappa shape index (κ2) is 11.7. The minimum Gasteiger partial charge on any atom is -0.772 e. The Morgan fingerprint density at radius 2 is 1.52 bits per heavy atom. The predicted molar refractivity (Wildman–Crippen MR) is 120 cm³/mol. The molecule has 0 aliphatic carbocycles. The van der Waals surface area contributed by atoms with E-state index >= 15 is 0 Å². The Hall–Kier alpha value is -0.533. The van der Waals surface area contributed by atoms with Gasteiger partial charge in [-0.05, 0) is 27.8 Å². The average molecular weight is 439 g/mol. The monoisotopic (exact) mass is 438 g/mol. The largest absolute Gasteiger partial charge is 1.00 e. The van der Waals surface area contributed by atoms with E-state index in [1.165, 1.54) is 10.4 Å². The maximum Gasteiger partial charge on any atom is 1.00 e. The molecule has 0 amide bonds. The fraction of sp³-hybridized carbons (Fsp3) is 0.391. The molecule has 3 atom stereocenters. The van der Waals surface area contributed by atoms with Crippen LogP contribution >= 0.6 is 0 Å². The molecule has 0 N–H and O–H groups in total. The second-order valence-corrected chi connectivity index (χ2v) is 13.9. The van der Waals surface area contributed by atoms with Crippen LogP contribution in [-0.4, -0.2) is 28.9 Å². The second-order valence-electron chi connectivity index (χ2n) is 8.28. The van der Waals surface area contributed by atoms with Gasteiger partial charge in [-0.2, -0.15) is 0 Å². The van der Waals surface area contributed by atoms with Crippen LogP contribution < -0.4 is 39.9 Å². The molecule has 2 aromatic rings. The van der Waals surface area contributed by atoms with Gasteiger partial charge in [-0.25, -0.2) is 0 Å². The van der Waals surface area contributed by atoms with Gasteiger partial charge in [0.2, 0.25) is 0 Å².